The van der Waals surface area contributed by atoms with Gasteiger partial charge in [-0.25, -0.2) is 0 Å². The summed E-state index contributed by atoms with van der Waals surface area (Å²) in [7, 11) is -4.54. The minimum atomic E-state index is -4.54. The molecule has 4 nitrogen and oxygen atoms in total. The highest BCUT2D eigenvalue weighted by Gasteiger charge is 2.35. The molecule has 0 unspecified atom stereocenters. The molecule has 0 atom stereocenters. The van der Waals surface area contributed by atoms with Crippen LogP contribution in [-0.4, -0.2) is 21.1 Å². The van der Waals surface area contributed by atoms with Crippen LogP contribution < -0.4 is 0 Å². The second-order valence-corrected chi connectivity index (χ2v) is 6.46. The Morgan fingerprint density at radius 1 is 1.07 bits per heavy atom. The lowest BCUT2D eigenvalue weighted by Crippen LogP contribution is -2.17. The maximum Gasteiger partial charge on any atom is 0.317 e. The molecule has 0 aliphatic rings. The summed E-state index contributed by atoms with van der Waals surface area (Å²) in [4.78, 5) is 3.78. The van der Waals surface area contributed by atoms with Gasteiger partial charge < -0.3 is 0 Å². The lowest BCUT2D eigenvalue weighted by atomic mass is 10.5. The molecule has 8 heteroatoms. The van der Waals surface area contributed by atoms with Crippen molar-refractivity contribution < 1.29 is 13.0 Å². The first-order chi connectivity index (χ1) is 6.25. The van der Waals surface area contributed by atoms with Crippen molar-refractivity contribution in [2.75, 3.05) is 0 Å². The molecule has 0 fully saturated rings. The second kappa shape index (κ2) is 5.72. The molecule has 0 aliphatic carbocycles. The van der Waals surface area contributed by atoms with Crippen LogP contribution in [0.5, 0.6) is 0 Å². The fourth-order valence-electron chi connectivity index (χ4n) is 0.313. The summed E-state index contributed by atoms with van der Waals surface area (Å²) in [6, 6.07) is 5.72. The standard InChI is InChI=1S/C5H5N.CHCl3O3S/c1-2-4-6-5-3-1;2-1(3,4)8(5,6)7/h1-5H;(H,5,6,7). The van der Waals surface area contributed by atoms with E-state index in [2.05, 4.69) is 4.98 Å². The van der Waals surface area contributed by atoms with Gasteiger partial charge in [0, 0.05) is 12.4 Å². The molecule has 1 N–H and O–H groups in total. The third-order valence-corrected chi connectivity index (χ3v) is 3.20. The Kier molecular flexibility index (Phi) is 5.70. The smallest absolute Gasteiger partial charge is 0.282 e. The first kappa shape index (κ1) is 13.9. The Labute approximate surface area is 96.6 Å². The molecule has 80 valence electrons. The second-order valence-electron chi connectivity index (χ2n) is 1.95. The average molecular weight is 279 g/mol. The molecule has 0 spiro atoms. The molecule has 1 aromatic heterocycles. The Bertz CT molecular complexity index is 322. The molecular weight excluding hydrogens is 272 g/mol. The van der Waals surface area contributed by atoms with Crippen LogP contribution in [0.25, 0.3) is 0 Å². The van der Waals surface area contributed by atoms with Crippen LogP contribution in [0.2, 0.25) is 0 Å². The van der Waals surface area contributed by atoms with Crippen LogP contribution >= 0.6 is 34.8 Å². The van der Waals surface area contributed by atoms with Crippen LogP contribution in [0.1, 0.15) is 0 Å². The van der Waals surface area contributed by atoms with Crippen molar-refractivity contribution in [1.29, 1.82) is 0 Å². The SMILES string of the molecule is O=S(=O)(O)C(Cl)(Cl)Cl.c1ccncc1. The largest absolute Gasteiger partial charge is 0.317 e. The van der Waals surface area contributed by atoms with Gasteiger partial charge in [0.05, 0.1) is 0 Å². The molecule has 1 heterocycles. The molecule has 1 aromatic rings. The summed E-state index contributed by atoms with van der Waals surface area (Å²) in [6.45, 7) is 0. The topological polar surface area (TPSA) is 67.3 Å². The predicted octanol–water partition coefficient (Wildman–Crippen LogP) is 2.28. The van der Waals surface area contributed by atoms with E-state index in [1.54, 1.807) is 12.4 Å². The normalized spacial score (nSPS) is 11.4. The highest BCUT2D eigenvalue weighted by molar-refractivity contribution is 7.92. The number of aromatic nitrogens is 1. The van der Waals surface area contributed by atoms with Crippen LogP contribution in [-0.2, 0) is 10.1 Å². The zero-order valence-corrected chi connectivity index (χ0v) is 9.72. The lowest BCUT2D eigenvalue weighted by Gasteiger charge is -2.03. The van der Waals surface area contributed by atoms with E-state index in [0.29, 0.717) is 0 Å². The number of hydrogen-bond acceptors (Lipinski definition) is 3. The van der Waals surface area contributed by atoms with E-state index in [-0.39, 0.29) is 0 Å². The number of rotatable bonds is 0. The molecule has 0 bridgehead atoms. The van der Waals surface area contributed by atoms with Crippen LogP contribution in [0.3, 0.4) is 0 Å². The summed E-state index contributed by atoms with van der Waals surface area (Å²) in [5.41, 5.74) is 0. The maximum atomic E-state index is 9.81. The van der Waals surface area contributed by atoms with Gasteiger partial charge in [-0.2, -0.15) is 8.42 Å². The highest BCUT2D eigenvalue weighted by Crippen LogP contribution is 2.31. The predicted molar refractivity (Wildman–Crippen MR) is 56.1 cm³/mol. The van der Waals surface area contributed by atoms with E-state index in [1.807, 2.05) is 18.2 Å². The first-order valence-corrected chi connectivity index (χ1v) is 5.71. The summed E-state index contributed by atoms with van der Waals surface area (Å²) < 4.78 is 24.9. The van der Waals surface area contributed by atoms with E-state index in [9.17, 15) is 8.42 Å². The molecule has 0 saturated carbocycles. The van der Waals surface area contributed by atoms with Crippen molar-refractivity contribution >= 4 is 44.9 Å². The minimum Gasteiger partial charge on any atom is -0.282 e. The monoisotopic (exact) mass is 277 g/mol. The van der Waals surface area contributed by atoms with E-state index in [4.69, 9.17) is 39.4 Å². The number of halogens is 3. The average Bonchev–Trinajstić information content (AvgIpc) is 2.05. The number of hydrogen-bond donors (Lipinski definition) is 1. The van der Waals surface area contributed by atoms with Crippen molar-refractivity contribution in [2.45, 2.75) is 3.12 Å². The summed E-state index contributed by atoms with van der Waals surface area (Å²) in [5.74, 6) is 0. The van der Waals surface area contributed by atoms with Gasteiger partial charge in [-0.1, -0.05) is 40.9 Å². The first-order valence-electron chi connectivity index (χ1n) is 3.14. The van der Waals surface area contributed by atoms with Crippen molar-refractivity contribution in [3.8, 4) is 0 Å². The van der Waals surface area contributed by atoms with Gasteiger partial charge in [0.2, 0.25) is 0 Å². The van der Waals surface area contributed by atoms with Gasteiger partial charge in [-0.15, -0.1) is 0 Å². The van der Waals surface area contributed by atoms with Gasteiger partial charge in [0.1, 0.15) is 0 Å². The Morgan fingerprint density at radius 2 is 1.43 bits per heavy atom. The van der Waals surface area contributed by atoms with Crippen molar-refractivity contribution in [1.82, 2.24) is 4.98 Å². The maximum absolute atomic E-state index is 9.81. The summed E-state index contributed by atoms with van der Waals surface area (Å²) in [6.07, 6.45) is 3.50. The fraction of sp³-hybridized carbons (Fsp3) is 0.167. The summed E-state index contributed by atoms with van der Waals surface area (Å²) in [5, 5.41) is 0. The molecular formula is C6H6Cl3NO3S. The highest BCUT2D eigenvalue weighted by atomic mass is 35.6. The molecule has 0 radical (unpaired) electrons. The van der Waals surface area contributed by atoms with Gasteiger partial charge >= 0.3 is 13.2 Å². The van der Waals surface area contributed by atoms with Crippen LogP contribution in [0, 0.1) is 0 Å². The van der Waals surface area contributed by atoms with Gasteiger partial charge in [-0.3, -0.25) is 9.54 Å². The van der Waals surface area contributed by atoms with E-state index in [0.717, 1.165) is 0 Å². The molecule has 14 heavy (non-hydrogen) atoms. The molecule has 0 saturated heterocycles. The number of alkyl halides is 3. The molecule has 0 aromatic carbocycles. The zero-order valence-electron chi connectivity index (χ0n) is 6.64. The van der Waals surface area contributed by atoms with E-state index < -0.39 is 13.2 Å². The van der Waals surface area contributed by atoms with Crippen LogP contribution in [0.4, 0.5) is 0 Å². The van der Waals surface area contributed by atoms with Crippen molar-refractivity contribution in [3.05, 3.63) is 30.6 Å². The van der Waals surface area contributed by atoms with Gasteiger partial charge in [-0.05, 0) is 12.1 Å². The quantitative estimate of drug-likeness (QED) is 0.584. The fourth-order valence-corrected chi connectivity index (χ4v) is 0.313. The van der Waals surface area contributed by atoms with E-state index >= 15 is 0 Å². The Morgan fingerprint density at radius 3 is 1.50 bits per heavy atom. The minimum absolute atomic E-state index is 1.75. The van der Waals surface area contributed by atoms with Gasteiger partial charge in [0.15, 0.2) is 0 Å². The molecule has 0 aliphatic heterocycles. The Hall–Kier alpha value is -0.0700. The third kappa shape index (κ3) is 6.39. The number of pyridine rings is 1. The zero-order chi connectivity index (χ0) is 11.2. The Balaban J connectivity index is 0.000000249. The van der Waals surface area contributed by atoms with Crippen molar-refractivity contribution in [2.24, 2.45) is 0 Å². The molecule has 1 rings (SSSR count). The van der Waals surface area contributed by atoms with Crippen LogP contribution in [0.15, 0.2) is 30.6 Å². The van der Waals surface area contributed by atoms with E-state index in [1.165, 1.54) is 0 Å². The number of nitrogens with zero attached hydrogens (tertiary/aromatic N) is 1. The van der Waals surface area contributed by atoms with Crippen molar-refractivity contribution in [3.63, 3.8) is 0 Å². The molecule has 0 amide bonds. The summed E-state index contributed by atoms with van der Waals surface area (Å²) >= 11 is 14.1. The lowest BCUT2D eigenvalue weighted by molar-refractivity contribution is 0.483. The third-order valence-electron chi connectivity index (χ3n) is 0.859. The van der Waals surface area contributed by atoms with Gasteiger partial charge in [0.25, 0.3) is 0 Å².